The van der Waals surface area contributed by atoms with Crippen LogP contribution in [0.3, 0.4) is 0 Å². The number of aliphatic hydroxyl groups is 1. The lowest BCUT2D eigenvalue weighted by atomic mass is 9.78. The van der Waals surface area contributed by atoms with Crippen LogP contribution in [0.5, 0.6) is 0 Å². The zero-order chi connectivity index (χ0) is 15.3. The SMILES string of the molecule is CC(C)(C)NCC1(CN2CCC(CO)CC2)CCOCC1. The van der Waals surface area contributed by atoms with Crippen LogP contribution in [-0.4, -0.2) is 61.5 Å². The summed E-state index contributed by atoms with van der Waals surface area (Å²) in [5, 5.41) is 13.0. The number of likely N-dealkylation sites (tertiary alicyclic amines) is 1. The molecule has 2 heterocycles. The minimum absolute atomic E-state index is 0.176. The molecule has 0 radical (unpaired) electrons. The topological polar surface area (TPSA) is 44.7 Å². The molecule has 0 aromatic rings. The first kappa shape index (κ1) is 17.2. The summed E-state index contributed by atoms with van der Waals surface area (Å²) >= 11 is 0. The van der Waals surface area contributed by atoms with Crippen molar-refractivity contribution in [1.82, 2.24) is 10.2 Å². The second kappa shape index (κ2) is 7.40. The Morgan fingerprint density at radius 3 is 2.33 bits per heavy atom. The van der Waals surface area contributed by atoms with E-state index in [1.54, 1.807) is 0 Å². The van der Waals surface area contributed by atoms with Crippen molar-refractivity contribution in [2.24, 2.45) is 11.3 Å². The molecule has 4 heteroatoms. The molecule has 2 fully saturated rings. The summed E-state index contributed by atoms with van der Waals surface area (Å²) < 4.78 is 5.60. The molecular formula is C17H34N2O2. The fourth-order valence-electron chi connectivity index (χ4n) is 3.45. The van der Waals surface area contributed by atoms with E-state index >= 15 is 0 Å². The van der Waals surface area contributed by atoms with Crippen LogP contribution < -0.4 is 5.32 Å². The van der Waals surface area contributed by atoms with Gasteiger partial charge in [-0.2, -0.15) is 0 Å². The summed E-state index contributed by atoms with van der Waals surface area (Å²) in [6.45, 7) is 13.4. The van der Waals surface area contributed by atoms with Crippen molar-refractivity contribution in [1.29, 1.82) is 0 Å². The van der Waals surface area contributed by atoms with Crippen LogP contribution in [0.25, 0.3) is 0 Å². The first-order chi connectivity index (χ1) is 9.92. The lowest BCUT2D eigenvalue weighted by Gasteiger charge is -2.44. The van der Waals surface area contributed by atoms with Gasteiger partial charge < -0.3 is 20.1 Å². The van der Waals surface area contributed by atoms with Gasteiger partial charge in [-0.15, -0.1) is 0 Å². The summed E-state index contributed by atoms with van der Waals surface area (Å²) in [5.41, 5.74) is 0.534. The van der Waals surface area contributed by atoms with Crippen molar-refractivity contribution >= 4 is 0 Å². The van der Waals surface area contributed by atoms with Gasteiger partial charge in [0.2, 0.25) is 0 Å². The van der Waals surface area contributed by atoms with Gasteiger partial charge in [-0.05, 0) is 70.9 Å². The van der Waals surface area contributed by atoms with Crippen molar-refractivity contribution in [2.75, 3.05) is 46.0 Å². The highest BCUT2D eigenvalue weighted by atomic mass is 16.5. The van der Waals surface area contributed by atoms with Gasteiger partial charge >= 0.3 is 0 Å². The Morgan fingerprint density at radius 1 is 1.19 bits per heavy atom. The average molecular weight is 298 g/mol. The summed E-state index contributed by atoms with van der Waals surface area (Å²) in [7, 11) is 0. The van der Waals surface area contributed by atoms with Gasteiger partial charge in [0.05, 0.1) is 0 Å². The molecule has 0 saturated carbocycles. The minimum Gasteiger partial charge on any atom is -0.396 e. The highest BCUT2D eigenvalue weighted by molar-refractivity contribution is 4.90. The quantitative estimate of drug-likeness (QED) is 0.813. The maximum Gasteiger partial charge on any atom is 0.0472 e. The first-order valence-electron chi connectivity index (χ1n) is 8.58. The molecule has 124 valence electrons. The summed E-state index contributed by atoms with van der Waals surface area (Å²) in [6, 6.07) is 0. The largest absolute Gasteiger partial charge is 0.396 e. The maximum atomic E-state index is 9.28. The van der Waals surface area contributed by atoms with Crippen LogP contribution in [-0.2, 0) is 4.74 Å². The van der Waals surface area contributed by atoms with Gasteiger partial charge in [-0.25, -0.2) is 0 Å². The number of nitrogens with one attached hydrogen (secondary N) is 1. The van der Waals surface area contributed by atoms with E-state index in [-0.39, 0.29) is 5.54 Å². The van der Waals surface area contributed by atoms with Crippen LogP contribution in [0.4, 0.5) is 0 Å². The van der Waals surface area contributed by atoms with E-state index in [4.69, 9.17) is 4.74 Å². The second-order valence-corrected chi connectivity index (χ2v) is 8.12. The van der Waals surface area contributed by atoms with Crippen LogP contribution in [0, 0.1) is 11.3 Å². The molecule has 0 spiro atoms. The Hall–Kier alpha value is -0.160. The zero-order valence-electron chi connectivity index (χ0n) is 14.2. The van der Waals surface area contributed by atoms with E-state index in [9.17, 15) is 5.11 Å². The second-order valence-electron chi connectivity index (χ2n) is 8.12. The smallest absolute Gasteiger partial charge is 0.0472 e. The standard InChI is InChI=1S/C17H34N2O2/c1-16(2,3)18-13-17(6-10-21-11-7-17)14-19-8-4-15(12-20)5-9-19/h15,18,20H,4-14H2,1-3H3. The van der Waals surface area contributed by atoms with E-state index in [1.807, 2.05) is 0 Å². The van der Waals surface area contributed by atoms with E-state index < -0.39 is 0 Å². The van der Waals surface area contributed by atoms with Crippen molar-refractivity contribution < 1.29 is 9.84 Å². The molecule has 0 amide bonds. The summed E-state index contributed by atoms with van der Waals surface area (Å²) in [6.07, 6.45) is 4.62. The molecule has 2 aliphatic rings. The number of ether oxygens (including phenoxy) is 1. The van der Waals surface area contributed by atoms with E-state index in [0.29, 0.717) is 17.9 Å². The number of hydrogen-bond donors (Lipinski definition) is 2. The van der Waals surface area contributed by atoms with Crippen molar-refractivity contribution in [3.63, 3.8) is 0 Å². The molecule has 2 aliphatic heterocycles. The van der Waals surface area contributed by atoms with E-state index in [0.717, 1.165) is 58.5 Å². The number of piperidine rings is 1. The number of aliphatic hydroxyl groups excluding tert-OH is 1. The molecule has 0 unspecified atom stereocenters. The lowest BCUT2D eigenvalue weighted by molar-refractivity contribution is -0.0137. The summed E-state index contributed by atoms with van der Waals surface area (Å²) in [4.78, 5) is 2.61. The number of hydrogen-bond acceptors (Lipinski definition) is 4. The molecule has 2 saturated heterocycles. The first-order valence-corrected chi connectivity index (χ1v) is 8.58. The lowest BCUT2D eigenvalue weighted by Crippen LogP contribution is -2.52. The minimum atomic E-state index is 0.176. The van der Waals surface area contributed by atoms with Gasteiger partial charge in [0, 0.05) is 38.4 Å². The zero-order valence-corrected chi connectivity index (χ0v) is 14.2. The third kappa shape index (κ3) is 5.51. The molecule has 0 aliphatic carbocycles. The van der Waals surface area contributed by atoms with Crippen molar-refractivity contribution in [3.8, 4) is 0 Å². The van der Waals surface area contributed by atoms with Gasteiger partial charge in [0.25, 0.3) is 0 Å². The molecule has 4 nitrogen and oxygen atoms in total. The molecule has 0 aromatic carbocycles. The predicted octanol–water partition coefficient (Wildman–Crippen LogP) is 1.88. The molecular weight excluding hydrogens is 264 g/mol. The fraction of sp³-hybridized carbons (Fsp3) is 1.00. The number of rotatable bonds is 5. The van der Waals surface area contributed by atoms with Gasteiger partial charge in [-0.3, -0.25) is 0 Å². The monoisotopic (exact) mass is 298 g/mol. The van der Waals surface area contributed by atoms with Gasteiger partial charge in [0.1, 0.15) is 0 Å². The third-order valence-electron chi connectivity index (χ3n) is 5.07. The van der Waals surface area contributed by atoms with Crippen molar-refractivity contribution in [3.05, 3.63) is 0 Å². The fourth-order valence-corrected chi connectivity index (χ4v) is 3.45. The molecule has 21 heavy (non-hydrogen) atoms. The predicted molar refractivity (Wildman–Crippen MR) is 86.5 cm³/mol. The maximum absolute atomic E-state index is 9.28. The Bertz CT molecular complexity index is 300. The normalized spacial score (nSPS) is 25.1. The molecule has 0 aromatic heterocycles. The van der Waals surface area contributed by atoms with Crippen LogP contribution >= 0.6 is 0 Å². The van der Waals surface area contributed by atoms with Gasteiger partial charge in [0.15, 0.2) is 0 Å². The average Bonchev–Trinajstić information content (AvgIpc) is 2.46. The molecule has 0 bridgehead atoms. The molecule has 2 rings (SSSR count). The van der Waals surface area contributed by atoms with E-state index in [1.165, 1.54) is 6.54 Å². The summed E-state index contributed by atoms with van der Waals surface area (Å²) in [5.74, 6) is 0.527. The Morgan fingerprint density at radius 2 is 1.81 bits per heavy atom. The van der Waals surface area contributed by atoms with Crippen molar-refractivity contribution in [2.45, 2.75) is 52.0 Å². The Labute approximate surface area is 130 Å². The Kier molecular flexibility index (Phi) is 6.06. The van der Waals surface area contributed by atoms with Gasteiger partial charge in [-0.1, -0.05) is 0 Å². The highest BCUT2D eigenvalue weighted by Crippen LogP contribution is 2.33. The number of nitrogens with zero attached hydrogens (tertiary/aromatic N) is 1. The third-order valence-corrected chi connectivity index (χ3v) is 5.07. The molecule has 0 atom stereocenters. The van der Waals surface area contributed by atoms with Crippen LogP contribution in [0.15, 0.2) is 0 Å². The highest BCUT2D eigenvalue weighted by Gasteiger charge is 2.36. The van der Waals surface area contributed by atoms with Crippen LogP contribution in [0.1, 0.15) is 46.5 Å². The molecule has 2 N–H and O–H groups in total. The van der Waals surface area contributed by atoms with E-state index in [2.05, 4.69) is 31.0 Å². The Balaban J connectivity index is 1.90. The van der Waals surface area contributed by atoms with Crippen LogP contribution in [0.2, 0.25) is 0 Å².